The first kappa shape index (κ1) is 23.0. The van der Waals surface area contributed by atoms with Gasteiger partial charge in [0, 0.05) is 37.3 Å². The molecule has 1 unspecified atom stereocenters. The van der Waals surface area contributed by atoms with E-state index in [0.29, 0.717) is 22.5 Å². The predicted octanol–water partition coefficient (Wildman–Crippen LogP) is 4.97. The second-order valence-corrected chi connectivity index (χ2v) is 8.18. The average molecular weight is 460 g/mol. The second kappa shape index (κ2) is 9.35. The first-order chi connectivity index (χ1) is 16.3. The van der Waals surface area contributed by atoms with Crippen LogP contribution in [0.15, 0.2) is 65.6 Å². The van der Waals surface area contributed by atoms with E-state index in [4.69, 9.17) is 0 Å². The number of anilines is 2. The molecule has 34 heavy (non-hydrogen) atoms. The number of aryl methyl sites for hydroxylation is 2. The summed E-state index contributed by atoms with van der Waals surface area (Å²) in [6.07, 6.45) is 1.68. The number of hydrogen-bond acceptors (Lipinski definition) is 4. The zero-order valence-corrected chi connectivity index (χ0v) is 19.4. The number of nitrogens with one attached hydrogen (secondary N) is 3. The van der Waals surface area contributed by atoms with Crippen molar-refractivity contribution in [1.29, 1.82) is 0 Å². The van der Waals surface area contributed by atoms with Crippen LogP contribution in [0.2, 0.25) is 0 Å². The molecule has 1 atom stereocenters. The molecule has 0 aliphatic rings. The molecule has 0 radical (unpaired) electrons. The van der Waals surface area contributed by atoms with Crippen molar-refractivity contribution in [3.05, 3.63) is 88.1 Å². The van der Waals surface area contributed by atoms with Gasteiger partial charge in [-0.2, -0.15) is 0 Å². The number of halogens is 1. The van der Waals surface area contributed by atoms with Gasteiger partial charge in [0.15, 0.2) is 0 Å². The first-order valence-electron chi connectivity index (χ1n) is 10.9. The van der Waals surface area contributed by atoms with E-state index in [2.05, 4.69) is 20.9 Å². The Morgan fingerprint density at radius 1 is 1.09 bits per heavy atom. The fourth-order valence-corrected chi connectivity index (χ4v) is 3.93. The third-order valence-corrected chi connectivity index (χ3v) is 5.86. The summed E-state index contributed by atoms with van der Waals surface area (Å²) in [6.45, 7) is 3.57. The lowest BCUT2D eigenvalue weighted by Gasteiger charge is -2.17. The Morgan fingerprint density at radius 2 is 1.82 bits per heavy atom. The van der Waals surface area contributed by atoms with E-state index in [9.17, 15) is 14.0 Å². The van der Waals surface area contributed by atoms with Gasteiger partial charge in [0.05, 0.1) is 17.2 Å². The Labute approximate surface area is 196 Å². The third kappa shape index (κ3) is 4.47. The Bertz CT molecular complexity index is 1430. The zero-order chi connectivity index (χ0) is 24.4. The molecule has 4 aromatic rings. The summed E-state index contributed by atoms with van der Waals surface area (Å²) in [5, 5.41) is 9.11. The molecular weight excluding hydrogens is 433 g/mol. The molecule has 2 amide bonds. The number of benzene rings is 2. The van der Waals surface area contributed by atoms with Crippen LogP contribution in [-0.2, 0) is 7.05 Å². The van der Waals surface area contributed by atoms with E-state index in [1.54, 1.807) is 39.3 Å². The van der Waals surface area contributed by atoms with E-state index < -0.39 is 11.8 Å². The average Bonchev–Trinajstić information content (AvgIpc) is 2.83. The van der Waals surface area contributed by atoms with Gasteiger partial charge in [0.1, 0.15) is 11.6 Å². The van der Waals surface area contributed by atoms with Gasteiger partial charge in [0.2, 0.25) is 0 Å². The molecule has 174 valence electrons. The number of fused-ring (bicyclic) bond motifs is 1. The number of amides is 2. The van der Waals surface area contributed by atoms with Crippen LogP contribution in [0.5, 0.6) is 0 Å². The van der Waals surface area contributed by atoms with Crippen LogP contribution >= 0.6 is 0 Å². The van der Waals surface area contributed by atoms with Crippen molar-refractivity contribution in [3.63, 3.8) is 0 Å². The van der Waals surface area contributed by atoms with Gasteiger partial charge in [-0.1, -0.05) is 30.3 Å². The van der Waals surface area contributed by atoms with Crippen molar-refractivity contribution in [3.8, 4) is 11.1 Å². The largest absolute Gasteiger partial charge is 0.373 e. The van der Waals surface area contributed by atoms with Crippen LogP contribution in [0.25, 0.3) is 22.0 Å². The Morgan fingerprint density at radius 3 is 2.53 bits per heavy atom. The lowest BCUT2D eigenvalue weighted by molar-refractivity contribution is 0.249. The molecule has 2 aromatic heterocycles. The summed E-state index contributed by atoms with van der Waals surface area (Å²) in [5.74, 6) is 0.0668. The highest BCUT2D eigenvalue weighted by molar-refractivity contribution is 5.91. The fourth-order valence-electron chi connectivity index (χ4n) is 3.93. The lowest BCUT2D eigenvalue weighted by atomic mass is 9.99. The predicted molar refractivity (Wildman–Crippen MR) is 134 cm³/mol. The zero-order valence-electron chi connectivity index (χ0n) is 19.4. The van der Waals surface area contributed by atoms with Crippen LogP contribution < -0.4 is 21.5 Å². The standard InChI is InChI=1S/C26H26FN5O2/c1-15-10-21(27)22(31-26(34)30-16(2)17-8-6-5-7-9-17)12-19(15)20-11-18-14-29-24(28-3)13-23(18)32(4)25(20)33/h5-14,16H,1-4H3,(H,28,29)(H2,30,31,34). The summed E-state index contributed by atoms with van der Waals surface area (Å²) in [7, 11) is 3.44. The van der Waals surface area contributed by atoms with Gasteiger partial charge < -0.3 is 20.5 Å². The highest BCUT2D eigenvalue weighted by atomic mass is 19.1. The van der Waals surface area contributed by atoms with Gasteiger partial charge in [-0.05, 0) is 48.7 Å². The smallest absolute Gasteiger partial charge is 0.319 e. The van der Waals surface area contributed by atoms with E-state index >= 15 is 0 Å². The fraction of sp³-hybridized carbons (Fsp3) is 0.192. The molecule has 7 nitrogen and oxygen atoms in total. The van der Waals surface area contributed by atoms with Crippen molar-refractivity contribution in [2.75, 3.05) is 17.7 Å². The molecule has 0 bridgehead atoms. The second-order valence-electron chi connectivity index (χ2n) is 8.18. The van der Waals surface area contributed by atoms with Gasteiger partial charge in [-0.25, -0.2) is 14.2 Å². The lowest BCUT2D eigenvalue weighted by Crippen LogP contribution is -2.31. The van der Waals surface area contributed by atoms with Crippen molar-refractivity contribution in [2.45, 2.75) is 19.9 Å². The van der Waals surface area contributed by atoms with Crippen molar-refractivity contribution in [1.82, 2.24) is 14.9 Å². The minimum atomic E-state index is -0.582. The van der Waals surface area contributed by atoms with Crippen LogP contribution in [-0.4, -0.2) is 22.6 Å². The molecule has 2 heterocycles. The molecule has 0 spiro atoms. The molecule has 0 saturated heterocycles. The summed E-state index contributed by atoms with van der Waals surface area (Å²) < 4.78 is 16.3. The topological polar surface area (TPSA) is 88.1 Å². The number of rotatable bonds is 5. The minimum absolute atomic E-state index is 0.0100. The molecule has 0 fully saturated rings. The van der Waals surface area contributed by atoms with Crippen LogP contribution in [0.4, 0.5) is 20.7 Å². The number of urea groups is 1. The van der Waals surface area contributed by atoms with E-state index in [-0.39, 0.29) is 17.3 Å². The van der Waals surface area contributed by atoms with Gasteiger partial charge in [-0.3, -0.25) is 4.79 Å². The maximum atomic E-state index is 14.7. The Hall–Kier alpha value is -4.20. The molecule has 8 heteroatoms. The highest BCUT2D eigenvalue weighted by Gasteiger charge is 2.17. The maximum absolute atomic E-state index is 14.7. The minimum Gasteiger partial charge on any atom is -0.373 e. The molecule has 0 aliphatic carbocycles. The summed E-state index contributed by atoms with van der Waals surface area (Å²) in [4.78, 5) is 30.1. The number of nitrogens with zero attached hydrogens (tertiary/aromatic N) is 2. The van der Waals surface area contributed by atoms with Crippen LogP contribution in [0, 0.1) is 12.7 Å². The van der Waals surface area contributed by atoms with Crippen molar-refractivity contribution < 1.29 is 9.18 Å². The number of hydrogen-bond donors (Lipinski definition) is 3. The van der Waals surface area contributed by atoms with E-state index in [1.165, 1.54) is 16.7 Å². The summed E-state index contributed by atoms with van der Waals surface area (Å²) >= 11 is 0. The van der Waals surface area contributed by atoms with E-state index in [1.807, 2.05) is 37.3 Å². The Balaban J connectivity index is 1.68. The van der Waals surface area contributed by atoms with Crippen molar-refractivity contribution >= 4 is 28.4 Å². The molecule has 2 aromatic carbocycles. The maximum Gasteiger partial charge on any atom is 0.319 e. The van der Waals surface area contributed by atoms with Gasteiger partial charge >= 0.3 is 6.03 Å². The quantitative estimate of drug-likeness (QED) is 0.393. The Kier molecular flexibility index (Phi) is 6.32. The molecule has 3 N–H and O–H groups in total. The van der Waals surface area contributed by atoms with E-state index in [0.717, 1.165) is 16.5 Å². The third-order valence-electron chi connectivity index (χ3n) is 5.86. The first-order valence-corrected chi connectivity index (χ1v) is 10.9. The number of carbonyl (C=O) groups is 1. The van der Waals surface area contributed by atoms with Crippen LogP contribution in [0.1, 0.15) is 24.1 Å². The molecule has 4 rings (SSSR count). The summed E-state index contributed by atoms with van der Waals surface area (Å²) in [6, 6.07) is 15.0. The molecule has 0 saturated carbocycles. The monoisotopic (exact) mass is 459 g/mol. The molecule has 0 aliphatic heterocycles. The number of pyridine rings is 2. The molecular formula is C26H26FN5O2. The van der Waals surface area contributed by atoms with Crippen LogP contribution in [0.3, 0.4) is 0 Å². The van der Waals surface area contributed by atoms with Gasteiger partial charge in [0.25, 0.3) is 5.56 Å². The SMILES string of the molecule is CNc1cc2c(cn1)cc(-c1cc(NC(=O)NC(C)c3ccccc3)c(F)cc1C)c(=O)n2C. The number of carbonyl (C=O) groups excluding carboxylic acids is 1. The van der Waals surface area contributed by atoms with Crippen molar-refractivity contribution in [2.24, 2.45) is 7.05 Å². The highest BCUT2D eigenvalue weighted by Crippen LogP contribution is 2.29. The summed E-state index contributed by atoms with van der Waals surface area (Å²) in [5.41, 5.74) is 2.92. The number of aromatic nitrogens is 2. The normalized spacial score (nSPS) is 11.8. The van der Waals surface area contributed by atoms with Gasteiger partial charge in [-0.15, -0.1) is 0 Å².